The van der Waals surface area contributed by atoms with Gasteiger partial charge in [0.1, 0.15) is 11.4 Å². The second kappa shape index (κ2) is 12.0. The van der Waals surface area contributed by atoms with Crippen LogP contribution < -0.4 is 11.1 Å². The topological polar surface area (TPSA) is 139 Å². The normalized spacial score (nSPS) is 16.6. The lowest BCUT2D eigenvalue weighted by molar-refractivity contribution is -0.144. The molecule has 0 saturated carbocycles. The van der Waals surface area contributed by atoms with Gasteiger partial charge in [-0.2, -0.15) is 0 Å². The van der Waals surface area contributed by atoms with E-state index >= 15 is 0 Å². The number of rotatable bonds is 11. The van der Waals surface area contributed by atoms with Crippen molar-refractivity contribution >= 4 is 24.8 Å². The first-order valence-corrected chi connectivity index (χ1v) is 10.6. The van der Waals surface area contributed by atoms with Gasteiger partial charge in [-0.15, -0.1) is 0 Å². The summed E-state index contributed by atoms with van der Waals surface area (Å²) in [5, 5.41) is 29.9. The van der Waals surface area contributed by atoms with Crippen molar-refractivity contribution in [1.29, 1.82) is 0 Å². The summed E-state index contributed by atoms with van der Waals surface area (Å²) in [6, 6.07) is 5.47. The molecule has 172 valence electrons. The highest BCUT2D eigenvalue weighted by molar-refractivity contribution is 6.40. The molecule has 0 bridgehead atoms. The van der Waals surface area contributed by atoms with Gasteiger partial charge in [0, 0.05) is 31.9 Å². The van der Waals surface area contributed by atoms with Gasteiger partial charge in [-0.25, -0.2) is 9.18 Å². The van der Waals surface area contributed by atoms with Crippen LogP contribution in [0.4, 0.5) is 14.9 Å². The number of hydrogen-bond donors (Lipinski definition) is 5. The average molecular weight is 438 g/mol. The molecule has 9 nitrogen and oxygen atoms in total. The smallest absolute Gasteiger partial charge is 0.451 e. The molecule has 2 rings (SSSR count). The summed E-state index contributed by atoms with van der Waals surface area (Å²) in [6.45, 7) is 3.06. The number of piperazine rings is 1. The number of nitrogens with zero attached hydrogens (tertiary/aromatic N) is 2. The molecule has 6 N–H and O–H groups in total. The first-order chi connectivity index (χ1) is 14.7. The van der Waals surface area contributed by atoms with E-state index in [0.29, 0.717) is 64.1 Å². The van der Waals surface area contributed by atoms with E-state index < -0.39 is 24.4 Å². The molecule has 1 saturated heterocycles. The van der Waals surface area contributed by atoms with E-state index in [1.54, 1.807) is 11.0 Å². The van der Waals surface area contributed by atoms with E-state index in [-0.39, 0.29) is 18.8 Å². The number of carboxylic acids is 1. The van der Waals surface area contributed by atoms with Crippen LogP contribution in [0, 0.1) is 5.82 Å². The van der Waals surface area contributed by atoms with Gasteiger partial charge in [-0.05, 0) is 50.3 Å². The molecule has 0 radical (unpaired) electrons. The number of unbranched alkanes of at least 4 members (excludes halogenated alkanes) is 1. The number of nitrogens with two attached hydrogens (primary N) is 1. The summed E-state index contributed by atoms with van der Waals surface area (Å²) < 4.78 is 13.2. The van der Waals surface area contributed by atoms with Crippen LogP contribution >= 0.6 is 0 Å². The summed E-state index contributed by atoms with van der Waals surface area (Å²) in [7, 11) is -1.38. The highest BCUT2D eigenvalue weighted by atomic mass is 19.1. The molecular formula is C20H32BFN4O5. The number of halogens is 1. The molecule has 1 aromatic carbocycles. The molecule has 2 amide bonds. The summed E-state index contributed by atoms with van der Waals surface area (Å²) in [6.07, 6.45) is 2.43. The number of hydrogen-bond acceptors (Lipinski definition) is 6. The zero-order valence-electron chi connectivity index (χ0n) is 17.7. The minimum atomic E-state index is -1.38. The monoisotopic (exact) mass is 438 g/mol. The number of aliphatic carboxylic acids is 1. The SMILES string of the molecule is NC(CCCCB(O)O)(CCCN1CCN(C(=O)Nc2cccc(F)c2)CC1)C(=O)O. The van der Waals surface area contributed by atoms with Crippen molar-refractivity contribution in [3.8, 4) is 0 Å². The molecule has 1 aliphatic heterocycles. The Morgan fingerprint density at radius 3 is 2.42 bits per heavy atom. The number of amides is 2. The highest BCUT2D eigenvalue weighted by Crippen LogP contribution is 2.20. The van der Waals surface area contributed by atoms with Crippen LogP contribution in [-0.4, -0.2) is 82.3 Å². The lowest BCUT2D eigenvalue weighted by Crippen LogP contribution is -2.51. The lowest BCUT2D eigenvalue weighted by atomic mass is 9.81. The van der Waals surface area contributed by atoms with E-state index in [2.05, 4.69) is 10.2 Å². The summed E-state index contributed by atoms with van der Waals surface area (Å²) in [5.74, 6) is -1.46. The minimum absolute atomic E-state index is 0.201. The maximum Gasteiger partial charge on any atom is 0.451 e. The van der Waals surface area contributed by atoms with Crippen LogP contribution in [0.2, 0.25) is 6.32 Å². The number of anilines is 1. The first-order valence-electron chi connectivity index (χ1n) is 10.6. The van der Waals surface area contributed by atoms with Gasteiger partial charge in [0.05, 0.1) is 0 Å². The number of benzene rings is 1. The number of nitrogens with one attached hydrogen (secondary N) is 1. The van der Waals surface area contributed by atoms with Crippen molar-refractivity contribution < 1.29 is 29.1 Å². The molecule has 1 atom stereocenters. The van der Waals surface area contributed by atoms with Crippen LogP contribution in [0.5, 0.6) is 0 Å². The van der Waals surface area contributed by atoms with Crippen molar-refractivity contribution in [3.63, 3.8) is 0 Å². The summed E-state index contributed by atoms with van der Waals surface area (Å²) in [5.41, 5.74) is 5.17. The maximum absolute atomic E-state index is 13.2. The van der Waals surface area contributed by atoms with Crippen molar-refractivity contribution in [2.24, 2.45) is 5.73 Å². The van der Waals surface area contributed by atoms with E-state index in [1.807, 2.05) is 0 Å². The zero-order chi connectivity index (χ0) is 22.9. The Morgan fingerprint density at radius 1 is 1.13 bits per heavy atom. The standard InChI is InChI=1S/C20H32BFN4O5/c22-16-5-3-6-17(15-16)24-19(29)26-13-11-25(12-14-26)10-4-8-20(23,18(27)28)7-1-2-9-21(30)31/h3,5-6,15,30-31H,1-2,4,7-14,23H2,(H,24,29)(H,27,28). The van der Waals surface area contributed by atoms with Gasteiger partial charge in [0.15, 0.2) is 0 Å². The second-order valence-corrected chi connectivity index (χ2v) is 8.06. The van der Waals surface area contributed by atoms with Crippen molar-refractivity contribution in [3.05, 3.63) is 30.1 Å². The third kappa shape index (κ3) is 8.45. The minimum Gasteiger partial charge on any atom is -0.480 e. The van der Waals surface area contributed by atoms with Gasteiger partial charge in [-0.3, -0.25) is 9.69 Å². The van der Waals surface area contributed by atoms with E-state index in [0.717, 1.165) is 0 Å². The highest BCUT2D eigenvalue weighted by Gasteiger charge is 2.33. The quantitative estimate of drug-likeness (QED) is 0.258. The molecule has 1 unspecified atom stereocenters. The van der Waals surface area contributed by atoms with Gasteiger partial charge in [-0.1, -0.05) is 18.9 Å². The van der Waals surface area contributed by atoms with Crippen LogP contribution in [0.3, 0.4) is 0 Å². The van der Waals surface area contributed by atoms with Crippen LogP contribution in [0.1, 0.15) is 32.1 Å². The molecule has 1 fully saturated rings. The Bertz CT molecular complexity index is 733. The predicted molar refractivity (Wildman–Crippen MR) is 116 cm³/mol. The summed E-state index contributed by atoms with van der Waals surface area (Å²) >= 11 is 0. The Labute approximate surface area is 182 Å². The molecule has 0 spiro atoms. The molecule has 1 aromatic rings. The van der Waals surface area contributed by atoms with Gasteiger partial charge >= 0.3 is 19.1 Å². The Kier molecular flexibility index (Phi) is 9.69. The Morgan fingerprint density at radius 2 is 1.81 bits per heavy atom. The third-order valence-corrected chi connectivity index (χ3v) is 5.59. The van der Waals surface area contributed by atoms with Crippen molar-refractivity contribution in [1.82, 2.24) is 9.80 Å². The fraction of sp³-hybridized carbons (Fsp3) is 0.600. The van der Waals surface area contributed by atoms with Crippen molar-refractivity contribution in [2.75, 3.05) is 38.0 Å². The van der Waals surface area contributed by atoms with E-state index in [1.165, 1.54) is 18.2 Å². The van der Waals surface area contributed by atoms with Crippen LogP contribution in [0.25, 0.3) is 0 Å². The molecule has 0 aromatic heterocycles. The first kappa shape index (κ1) is 25.1. The predicted octanol–water partition coefficient (Wildman–Crippen LogP) is 1.18. The molecule has 1 aliphatic rings. The van der Waals surface area contributed by atoms with Gasteiger partial charge < -0.3 is 31.1 Å². The molecular weight excluding hydrogens is 406 g/mol. The van der Waals surface area contributed by atoms with Crippen molar-refractivity contribution in [2.45, 2.75) is 44.0 Å². The van der Waals surface area contributed by atoms with Crippen LogP contribution in [-0.2, 0) is 4.79 Å². The fourth-order valence-corrected chi connectivity index (χ4v) is 3.67. The van der Waals surface area contributed by atoms with Crippen LogP contribution in [0.15, 0.2) is 24.3 Å². The number of urea groups is 1. The average Bonchev–Trinajstić information content (AvgIpc) is 2.71. The number of carbonyl (C=O) groups is 2. The van der Waals surface area contributed by atoms with E-state index in [9.17, 15) is 19.1 Å². The fourth-order valence-electron chi connectivity index (χ4n) is 3.67. The number of carbonyl (C=O) groups excluding carboxylic acids is 1. The molecule has 0 aliphatic carbocycles. The number of carboxylic acid groups (broad SMARTS) is 1. The Balaban J connectivity index is 1.70. The second-order valence-electron chi connectivity index (χ2n) is 8.06. The zero-order valence-corrected chi connectivity index (χ0v) is 17.7. The Hall–Kier alpha value is -2.21. The third-order valence-electron chi connectivity index (χ3n) is 5.59. The van der Waals surface area contributed by atoms with Gasteiger partial charge in [0.25, 0.3) is 0 Å². The summed E-state index contributed by atoms with van der Waals surface area (Å²) in [4.78, 5) is 27.8. The molecule has 11 heteroatoms. The lowest BCUT2D eigenvalue weighted by Gasteiger charge is -2.35. The maximum atomic E-state index is 13.2. The molecule has 1 heterocycles. The largest absolute Gasteiger partial charge is 0.480 e. The van der Waals surface area contributed by atoms with Gasteiger partial charge in [0.2, 0.25) is 0 Å². The van der Waals surface area contributed by atoms with E-state index in [4.69, 9.17) is 15.8 Å². The molecule has 31 heavy (non-hydrogen) atoms.